The normalized spacial score (nSPS) is 11.3. The van der Waals surface area contributed by atoms with Gasteiger partial charge in [-0.05, 0) is 13.8 Å². The monoisotopic (exact) mass is 293 g/mol. The summed E-state index contributed by atoms with van der Waals surface area (Å²) < 4.78 is 21.1. The van der Waals surface area contributed by atoms with Crippen molar-refractivity contribution in [1.29, 1.82) is 0 Å². The van der Waals surface area contributed by atoms with Crippen LogP contribution in [0.25, 0.3) is 11.5 Å². The molecule has 0 aliphatic rings. The lowest BCUT2D eigenvalue weighted by Gasteiger charge is -2.12. The average molecular weight is 293 g/mol. The smallest absolute Gasteiger partial charge is 0.261 e. The van der Waals surface area contributed by atoms with Crippen LogP contribution in [-0.4, -0.2) is 31.5 Å². The van der Waals surface area contributed by atoms with Crippen LogP contribution in [0, 0.1) is 0 Å². The molecule has 2 rings (SSSR count). The van der Waals surface area contributed by atoms with E-state index in [4.69, 9.17) is 24.5 Å². The second kappa shape index (κ2) is 5.61. The van der Waals surface area contributed by atoms with Gasteiger partial charge in [0.05, 0.1) is 32.4 Å². The van der Waals surface area contributed by atoms with Gasteiger partial charge in [-0.1, -0.05) is 5.16 Å². The number of rotatable bonds is 5. The summed E-state index contributed by atoms with van der Waals surface area (Å²) in [6.07, 6.45) is 0. The van der Waals surface area contributed by atoms with E-state index in [0.717, 1.165) is 0 Å². The molecule has 1 heterocycles. The lowest BCUT2D eigenvalue weighted by atomic mass is 10.1. The largest absolute Gasteiger partial charge is 0.496 e. The molecule has 2 aromatic rings. The topological polar surface area (TPSA) is 92.6 Å². The molecule has 1 aromatic carbocycles. The first-order valence-electron chi connectivity index (χ1n) is 6.34. The molecule has 0 aliphatic heterocycles. The van der Waals surface area contributed by atoms with Crippen molar-refractivity contribution in [2.45, 2.75) is 19.4 Å². The molecule has 0 bridgehead atoms. The van der Waals surface area contributed by atoms with Gasteiger partial charge < -0.3 is 24.5 Å². The Kier molecular flexibility index (Phi) is 4.04. The predicted molar refractivity (Wildman–Crippen MR) is 76.6 cm³/mol. The third-order valence-corrected chi connectivity index (χ3v) is 2.94. The Labute approximate surface area is 123 Å². The van der Waals surface area contributed by atoms with Gasteiger partial charge in [-0.25, -0.2) is 0 Å². The lowest BCUT2D eigenvalue weighted by Crippen LogP contribution is -2.30. The van der Waals surface area contributed by atoms with Gasteiger partial charge in [0.25, 0.3) is 5.89 Å². The zero-order chi connectivity index (χ0) is 15.6. The first kappa shape index (κ1) is 15.1. The first-order chi connectivity index (χ1) is 9.90. The summed E-state index contributed by atoms with van der Waals surface area (Å²) in [4.78, 5) is 4.31. The number of nitrogens with two attached hydrogens (primary N) is 1. The van der Waals surface area contributed by atoms with Gasteiger partial charge in [0.2, 0.25) is 0 Å². The van der Waals surface area contributed by atoms with Crippen LogP contribution in [0.1, 0.15) is 19.7 Å². The lowest BCUT2D eigenvalue weighted by molar-refractivity contribution is 0.348. The molecule has 0 saturated carbocycles. The molecule has 0 aliphatic carbocycles. The van der Waals surface area contributed by atoms with Crippen LogP contribution in [0.2, 0.25) is 0 Å². The van der Waals surface area contributed by atoms with Gasteiger partial charge in [-0.2, -0.15) is 4.98 Å². The highest BCUT2D eigenvalue weighted by atomic mass is 16.5. The maximum absolute atomic E-state index is 5.96. The van der Waals surface area contributed by atoms with Gasteiger partial charge in [0, 0.05) is 12.1 Å². The number of nitrogens with zero attached hydrogens (tertiary/aromatic N) is 2. The Morgan fingerprint density at radius 2 is 1.57 bits per heavy atom. The van der Waals surface area contributed by atoms with Crippen LogP contribution in [-0.2, 0) is 5.54 Å². The van der Waals surface area contributed by atoms with Gasteiger partial charge >= 0.3 is 0 Å². The van der Waals surface area contributed by atoms with E-state index in [-0.39, 0.29) is 0 Å². The molecule has 21 heavy (non-hydrogen) atoms. The van der Waals surface area contributed by atoms with Gasteiger partial charge in [0.1, 0.15) is 5.75 Å². The van der Waals surface area contributed by atoms with Crippen LogP contribution in [0.5, 0.6) is 17.2 Å². The van der Waals surface area contributed by atoms with Crippen molar-refractivity contribution in [3.63, 3.8) is 0 Å². The van der Waals surface area contributed by atoms with Crippen LogP contribution in [0.15, 0.2) is 16.7 Å². The van der Waals surface area contributed by atoms with Crippen molar-refractivity contribution in [3.8, 4) is 28.7 Å². The SMILES string of the molecule is COc1cc(OC)c(-c2nc(C(C)(C)N)no2)cc1OC. The van der Waals surface area contributed by atoms with Crippen molar-refractivity contribution >= 4 is 0 Å². The highest BCUT2D eigenvalue weighted by molar-refractivity contribution is 5.68. The van der Waals surface area contributed by atoms with E-state index in [0.29, 0.717) is 34.5 Å². The predicted octanol–water partition coefficient (Wildman–Crippen LogP) is 1.96. The summed E-state index contributed by atoms with van der Waals surface area (Å²) in [6.45, 7) is 3.60. The van der Waals surface area contributed by atoms with E-state index in [9.17, 15) is 0 Å². The molecule has 0 amide bonds. The van der Waals surface area contributed by atoms with Gasteiger partial charge in [0.15, 0.2) is 17.3 Å². The first-order valence-corrected chi connectivity index (χ1v) is 6.34. The molecule has 114 valence electrons. The molecule has 0 spiro atoms. The summed E-state index contributed by atoms with van der Waals surface area (Å²) in [7, 11) is 4.66. The minimum atomic E-state index is -0.689. The second-order valence-corrected chi connectivity index (χ2v) is 5.05. The number of benzene rings is 1. The van der Waals surface area contributed by atoms with Crippen molar-refractivity contribution in [2.75, 3.05) is 21.3 Å². The van der Waals surface area contributed by atoms with Crippen LogP contribution < -0.4 is 19.9 Å². The Morgan fingerprint density at radius 1 is 1.00 bits per heavy atom. The Hall–Kier alpha value is -2.28. The second-order valence-electron chi connectivity index (χ2n) is 5.05. The van der Waals surface area contributed by atoms with Crippen LogP contribution in [0.3, 0.4) is 0 Å². The molecule has 0 atom stereocenters. The van der Waals surface area contributed by atoms with E-state index in [1.54, 1.807) is 47.3 Å². The fourth-order valence-corrected chi connectivity index (χ4v) is 1.79. The molecular weight excluding hydrogens is 274 g/mol. The summed E-state index contributed by atoms with van der Waals surface area (Å²) in [6, 6.07) is 3.42. The average Bonchev–Trinajstić information content (AvgIpc) is 2.95. The number of methoxy groups -OCH3 is 3. The summed E-state index contributed by atoms with van der Waals surface area (Å²) >= 11 is 0. The standard InChI is InChI=1S/C14H19N3O4/c1-14(2,15)13-16-12(21-17-13)8-6-10(19-4)11(20-5)7-9(8)18-3/h6-7H,15H2,1-5H3. The molecule has 2 N–H and O–H groups in total. The molecule has 0 unspecified atom stereocenters. The fraction of sp³-hybridized carbons (Fsp3) is 0.429. The van der Waals surface area contributed by atoms with Crippen molar-refractivity contribution < 1.29 is 18.7 Å². The third-order valence-electron chi connectivity index (χ3n) is 2.94. The molecule has 7 nitrogen and oxygen atoms in total. The molecular formula is C14H19N3O4. The number of hydrogen-bond acceptors (Lipinski definition) is 7. The number of ether oxygens (including phenoxy) is 3. The molecule has 0 fully saturated rings. The van der Waals surface area contributed by atoms with Crippen LogP contribution >= 0.6 is 0 Å². The summed E-state index contributed by atoms with van der Waals surface area (Å²) in [5.74, 6) is 2.35. The Bertz CT molecular complexity index is 632. The summed E-state index contributed by atoms with van der Waals surface area (Å²) in [5.41, 5.74) is 5.88. The van der Waals surface area contributed by atoms with Crippen molar-refractivity contribution in [2.24, 2.45) is 5.73 Å². The Balaban J connectivity index is 2.54. The third kappa shape index (κ3) is 2.92. The van der Waals surface area contributed by atoms with E-state index in [2.05, 4.69) is 10.1 Å². The molecule has 0 radical (unpaired) electrons. The van der Waals surface area contributed by atoms with E-state index in [1.807, 2.05) is 0 Å². The minimum Gasteiger partial charge on any atom is -0.496 e. The van der Waals surface area contributed by atoms with Gasteiger partial charge in [-0.15, -0.1) is 0 Å². The van der Waals surface area contributed by atoms with Crippen molar-refractivity contribution in [1.82, 2.24) is 10.1 Å². The number of aromatic nitrogens is 2. The van der Waals surface area contributed by atoms with E-state index in [1.165, 1.54) is 0 Å². The molecule has 1 aromatic heterocycles. The quantitative estimate of drug-likeness (QED) is 0.900. The fourth-order valence-electron chi connectivity index (χ4n) is 1.79. The van der Waals surface area contributed by atoms with Crippen molar-refractivity contribution in [3.05, 3.63) is 18.0 Å². The maximum atomic E-state index is 5.96. The molecule has 7 heteroatoms. The number of hydrogen-bond donors (Lipinski definition) is 1. The highest BCUT2D eigenvalue weighted by Gasteiger charge is 2.24. The van der Waals surface area contributed by atoms with E-state index < -0.39 is 5.54 Å². The summed E-state index contributed by atoms with van der Waals surface area (Å²) in [5, 5.41) is 3.90. The maximum Gasteiger partial charge on any atom is 0.261 e. The zero-order valence-electron chi connectivity index (χ0n) is 12.8. The van der Waals surface area contributed by atoms with E-state index >= 15 is 0 Å². The molecule has 0 saturated heterocycles. The highest BCUT2D eigenvalue weighted by Crippen LogP contribution is 2.39. The van der Waals surface area contributed by atoms with Crippen LogP contribution in [0.4, 0.5) is 0 Å². The zero-order valence-corrected chi connectivity index (χ0v) is 12.8. The Morgan fingerprint density at radius 3 is 2.05 bits per heavy atom. The van der Waals surface area contributed by atoms with Gasteiger partial charge in [-0.3, -0.25) is 0 Å². The minimum absolute atomic E-state index is 0.307.